The van der Waals surface area contributed by atoms with Crippen molar-refractivity contribution < 1.29 is 0 Å². The van der Waals surface area contributed by atoms with E-state index in [4.69, 9.17) is 0 Å². The Morgan fingerprint density at radius 3 is 2.83 bits per heavy atom. The van der Waals surface area contributed by atoms with Gasteiger partial charge in [0.1, 0.15) is 0 Å². The van der Waals surface area contributed by atoms with E-state index in [0.29, 0.717) is 0 Å². The van der Waals surface area contributed by atoms with Gasteiger partial charge in [-0.1, -0.05) is 12.1 Å². The molecule has 1 aromatic rings. The van der Waals surface area contributed by atoms with Gasteiger partial charge in [-0.05, 0) is 20.1 Å². The minimum absolute atomic E-state index is 0.973. The summed E-state index contributed by atoms with van der Waals surface area (Å²) in [5.74, 6) is 2.15. The SMILES string of the molecule is CN1C=CN(c2ccccp2)C1. The molecule has 2 rings (SSSR count). The summed E-state index contributed by atoms with van der Waals surface area (Å²) in [6.45, 7) is 0.973. The molecule has 0 bridgehead atoms. The number of hydrogen-bond acceptors (Lipinski definition) is 2. The fraction of sp³-hybridized carbons (Fsp3) is 0.222. The normalized spacial score (nSPS) is 16.4. The van der Waals surface area contributed by atoms with Crippen molar-refractivity contribution in [2.75, 3.05) is 18.6 Å². The van der Waals surface area contributed by atoms with Crippen molar-refractivity contribution in [3.8, 4) is 0 Å². The van der Waals surface area contributed by atoms with Gasteiger partial charge in [-0.15, -0.1) is 0 Å². The van der Waals surface area contributed by atoms with Crippen molar-refractivity contribution in [1.82, 2.24) is 4.90 Å². The van der Waals surface area contributed by atoms with E-state index in [1.165, 1.54) is 13.6 Å². The van der Waals surface area contributed by atoms with Gasteiger partial charge in [0.2, 0.25) is 0 Å². The Morgan fingerprint density at radius 2 is 2.25 bits per heavy atom. The Hall–Kier alpha value is -1.01. The lowest BCUT2D eigenvalue weighted by atomic mass is 10.5. The third kappa shape index (κ3) is 1.44. The van der Waals surface area contributed by atoms with Crippen molar-refractivity contribution in [3.63, 3.8) is 0 Å². The molecule has 0 aliphatic carbocycles. The maximum Gasteiger partial charge on any atom is 0.0942 e. The Labute approximate surface area is 74.2 Å². The molecule has 2 nitrogen and oxygen atoms in total. The molecule has 2 heterocycles. The van der Waals surface area contributed by atoms with Crippen LogP contribution in [0.15, 0.2) is 36.4 Å². The molecule has 0 fully saturated rings. The van der Waals surface area contributed by atoms with Crippen molar-refractivity contribution in [2.24, 2.45) is 0 Å². The second kappa shape index (κ2) is 3.16. The van der Waals surface area contributed by atoms with Crippen molar-refractivity contribution >= 4 is 13.6 Å². The second-order valence-corrected chi connectivity index (χ2v) is 3.87. The lowest BCUT2D eigenvalue weighted by Crippen LogP contribution is -2.20. The highest BCUT2D eigenvalue weighted by molar-refractivity contribution is 7.33. The van der Waals surface area contributed by atoms with Crippen LogP contribution in [0.1, 0.15) is 0 Å². The molecule has 0 amide bonds. The van der Waals surface area contributed by atoms with Gasteiger partial charge in [0.25, 0.3) is 0 Å². The molecule has 0 radical (unpaired) electrons. The lowest BCUT2D eigenvalue weighted by Gasteiger charge is -2.17. The smallest absolute Gasteiger partial charge is 0.0942 e. The maximum atomic E-state index is 2.25. The summed E-state index contributed by atoms with van der Waals surface area (Å²) < 4.78 is 0. The van der Waals surface area contributed by atoms with Gasteiger partial charge in [-0.3, -0.25) is 0 Å². The predicted octanol–water partition coefficient (Wildman–Crippen LogP) is 2.45. The molecular weight excluding hydrogens is 167 g/mol. The highest BCUT2D eigenvalue weighted by atomic mass is 31.0. The number of rotatable bonds is 1. The van der Waals surface area contributed by atoms with Crippen LogP contribution in [0, 0.1) is 0 Å². The summed E-state index contributed by atoms with van der Waals surface area (Å²) in [4.78, 5) is 4.41. The van der Waals surface area contributed by atoms with Crippen LogP contribution >= 0.6 is 8.19 Å². The zero-order valence-electron chi connectivity index (χ0n) is 7.01. The van der Waals surface area contributed by atoms with E-state index in [0.717, 1.165) is 6.67 Å². The molecular formula is C9H11N2P. The minimum Gasteiger partial charge on any atom is -0.361 e. The van der Waals surface area contributed by atoms with E-state index in [1.807, 2.05) is 0 Å². The molecule has 1 aliphatic rings. The summed E-state index contributed by atoms with van der Waals surface area (Å²) in [6.07, 6.45) is 4.21. The molecule has 1 aliphatic heterocycles. The molecule has 0 spiro atoms. The fourth-order valence-electron chi connectivity index (χ4n) is 1.20. The van der Waals surface area contributed by atoms with Crippen LogP contribution in [0.2, 0.25) is 0 Å². The first-order valence-electron chi connectivity index (χ1n) is 3.92. The standard InChI is InChI=1S/C9H11N2P/c1-10-5-6-11(8-10)9-4-2-3-7-12-9/h2-7H,8H2,1H3. The van der Waals surface area contributed by atoms with E-state index in [9.17, 15) is 0 Å². The Morgan fingerprint density at radius 1 is 1.33 bits per heavy atom. The van der Waals surface area contributed by atoms with Crippen LogP contribution in [0.3, 0.4) is 0 Å². The zero-order chi connectivity index (χ0) is 8.39. The van der Waals surface area contributed by atoms with Crippen molar-refractivity contribution in [1.29, 1.82) is 0 Å². The molecule has 0 aromatic carbocycles. The number of nitrogens with zero attached hydrogens (tertiary/aromatic N) is 2. The quantitative estimate of drug-likeness (QED) is 0.651. The van der Waals surface area contributed by atoms with Gasteiger partial charge in [0, 0.05) is 19.4 Å². The van der Waals surface area contributed by atoms with Crippen LogP contribution in [0.25, 0.3) is 0 Å². The van der Waals surface area contributed by atoms with Crippen molar-refractivity contribution in [3.05, 3.63) is 36.4 Å². The van der Waals surface area contributed by atoms with Crippen LogP contribution in [0.4, 0.5) is 5.42 Å². The van der Waals surface area contributed by atoms with E-state index in [2.05, 4.69) is 53.2 Å². The first-order chi connectivity index (χ1) is 5.86. The minimum atomic E-state index is 0.973. The van der Waals surface area contributed by atoms with Gasteiger partial charge in [-0.25, -0.2) is 0 Å². The second-order valence-electron chi connectivity index (χ2n) is 2.85. The Bertz CT molecular complexity index is 284. The third-order valence-corrected chi connectivity index (χ3v) is 2.81. The molecule has 0 saturated carbocycles. The van der Waals surface area contributed by atoms with Gasteiger partial charge in [0.05, 0.1) is 12.1 Å². The highest BCUT2D eigenvalue weighted by Gasteiger charge is 2.09. The number of anilines is 1. The number of hydrogen-bond donors (Lipinski definition) is 0. The molecule has 12 heavy (non-hydrogen) atoms. The highest BCUT2D eigenvalue weighted by Crippen LogP contribution is 2.26. The van der Waals surface area contributed by atoms with Crippen LogP contribution < -0.4 is 4.90 Å². The summed E-state index contributed by atoms with van der Waals surface area (Å²) in [7, 11) is 3.37. The van der Waals surface area contributed by atoms with E-state index < -0.39 is 0 Å². The molecule has 0 N–H and O–H groups in total. The average Bonchev–Trinajstić information content (AvgIpc) is 2.54. The van der Waals surface area contributed by atoms with Gasteiger partial charge in [-0.2, -0.15) is 0 Å². The topological polar surface area (TPSA) is 6.48 Å². The van der Waals surface area contributed by atoms with Crippen LogP contribution in [-0.4, -0.2) is 18.6 Å². The maximum absolute atomic E-state index is 2.25. The van der Waals surface area contributed by atoms with E-state index in [-0.39, 0.29) is 0 Å². The molecule has 0 saturated heterocycles. The van der Waals surface area contributed by atoms with Crippen LogP contribution in [-0.2, 0) is 0 Å². The summed E-state index contributed by atoms with van der Waals surface area (Å²) in [6, 6.07) is 6.32. The summed E-state index contributed by atoms with van der Waals surface area (Å²) in [5.41, 5.74) is 1.35. The Balaban J connectivity index is 2.18. The largest absolute Gasteiger partial charge is 0.361 e. The lowest BCUT2D eigenvalue weighted by molar-refractivity contribution is 0.496. The molecule has 62 valence electrons. The molecule has 3 heteroatoms. The molecule has 1 aromatic heterocycles. The van der Waals surface area contributed by atoms with E-state index in [1.54, 1.807) is 0 Å². The van der Waals surface area contributed by atoms with E-state index >= 15 is 0 Å². The molecule has 0 atom stereocenters. The van der Waals surface area contributed by atoms with Gasteiger partial charge >= 0.3 is 0 Å². The van der Waals surface area contributed by atoms with Gasteiger partial charge in [0.15, 0.2) is 0 Å². The fourth-order valence-corrected chi connectivity index (χ4v) is 1.99. The Kier molecular flexibility index (Phi) is 2.01. The first-order valence-corrected chi connectivity index (χ1v) is 4.89. The molecule has 0 unspecified atom stereocenters. The van der Waals surface area contributed by atoms with Gasteiger partial charge < -0.3 is 9.80 Å². The predicted molar refractivity (Wildman–Crippen MR) is 53.2 cm³/mol. The summed E-state index contributed by atoms with van der Waals surface area (Å²) >= 11 is 0. The first kappa shape index (κ1) is 7.63. The van der Waals surface area contributed by atoms with Crippen molar-refractivity contribution in [2.45, 2.75) is 0 Å². The third-order valence-electron chi connectivity index (χ3n) is 1.82. The summed E-state index contributed by atoms with van der Waals surface area (Å²) in [5, 5.41) is 0. The zero-order valence-corrected chi connectivity index (χ0v) is 7.91. The average molecular weight is 178 g/mol. The monoisotopic (exact) mass is 178 g/mol. The van der Waals surface area contributed by atoms with Crippen LogP contribution in [0.5, 0.6) is 0 Å².